The number of aromatic nitrogens is 1. The highest BCUT2D eigenvalue weighted by Gasteiger charge is 2.26. The molecule has 0 saturated heterocycles. The van der Waals surface area contributed by atoms with Gasteiger partial charge in [0.25, 0.3) is 11.6 Å². The summed E-state index contributed by atoms with van der Waals surface area (Å²) in [5.74, 6) is -1.20. The Morgan fingerprint density at radius 2 is 2.03 bits per heavy atom. The number of aryl methyl sites for hydroxylation is 2. The van der Waals surface area contributed by atoms with Gasteiger partial charge < -0.3 is 4.74 Å². The molecule has 0 atom stereocenters. The lowest BCUT2D eigenvalue weighted by molar-refractivity contribution is -0.384. The first-order valence-electron chi connectivity index (χ1n) is 9.32. The van der Waals surface area contributed by atoms with Crippen LogP contribution < -0.4 is 4.90 Å². The number of nitro benzene ring substituents is 1. The quantitative estimate of drug-likeness (QED) is 0.294. The summed E-state index contributed by atoms with van der Waals surface area (Å²) in [6, 6.07) is 3.58. The van der Waals surface area contributed by atoms with Crippen LogP contribution in [0.4, 0.5) is 10.8 Å². The van der Waals surface area contributed by atoms with Gasteiger partial charge in [-0.15, -0.1) is 17.9 Å². The number of carbonyl (C=O) groups excluding carboxylic acids is 2. The molecule has 0 radical (unpaired) electrons. The number of hydrogen-bond donors (Lipinski definition) is 0. The van der Waals surface area contributed by atoms with E-state index < -0.39 is 16.8 Å². The molecule has 1 heterocycles. The highest BCUT2D eigenvalue weighted by Crippen LogP contribution is 2.33. The molecule has 0 fully saturated rings. The third-order valence-corrected chi connectivity index (χ3v) is 5.69. The minimum Gasteiger partial charge on any atom is -0.462 e. The molecule has 29 heavy (non-hydrogen) atoms. The second kappa shape index (κ2) is 8.95. The topological polar surface area (TPSA) is 103 Å². The first kappa shape index (κ1) is 20.7. The van der Waals surface area contributed by atoms with E-state index in [1.54, 1.807) is 13.0 Å². The maximum absolute atomic E-state index is 13.2. The van der Waals surface area contributed by atoms with Crippen molar-refractivity contribution in [1.82, 2.24) is 4.98 Å². The molecule has 8 nitrogen and oxygen atoms in total. The number of rotatable bonds is 7. The van der Waals surface area contributed by atoms with E-state index in [9.17, 15) is 19.7 Å². The minimum atomic E-state index is -0.717. The van der Waals surface area contributed by atoms with Crippen molar-refractivity contribution in [2.75, 3.05) is 18.1 Å². The number of amides is 1. The molecular weight excluding hydrogens is 394 g/mol. The van der Waals surface area contributed by atoms with Crippen LogP contribution in [0.1, 0.15) is 51.1 Å². The number of nitrogens with zero attached hydrogens (tertiary/aromatic N) is 3. The van der Waals surface area contributed by atoms with E-state index in [0.29, 0.717) is 5.13 Å². The Bertz CT molecular complexity index is 946. The van der Waals surface area contributed by atoms with Crippen LogP contribution in [0.25, 0.3) is 0 Å². The second-order valence-corrected chi connectivity index (χ2v) is 7.59. The first-order chi connectivity index (χ1) is 13.9. The van der Waals surface area contributed by atoms with Gasteiger partial charge in [-0.2, -0.15) is 0 Å². The summed E-state index contributed by atoms with van der Waals surface area (Å²) in [7, 11) is 0. The van der Waals surface area contributed by atoms with E-state index in [1.807, 2.05) is 0 Å². The van der Waals surface area contributed by atoms with Crippen LogP contribution in [-0.2, 0) is 17.6 Å². The van der Waals surface area contributed by atoms with Gasteiger partial charge in [0.2, 0.25) is 0 Å². The third-order valence-electron chi connectivity index (χ3n) is 4.51. The van der Waals surface area contributed by atoms with Gasteiger partial charge in [-0.1, -0.05) is 6.08 Å². The van der Waals surface area contributed by atoms with E-state index >= 15 is 0 Å². The largest absolute Gasteiger partial charge is 0.462 e. The van der Waals surface area contributed by atoms with Crippen LogP contribution >= 0.6 is 11.3 Å². The van der Waals surface area contributed by atoms with Crippen molar-refractivity contribution in [1.29, 1.82) is 0 Å². The fourth-order valence-electron chi connectivity index (χ4n) is 3.16. The van der Waals surface area contributed by atoms with E-state index in [4.69, 9.17) is 4.74 Å². The molecular formula is C20H21N3O5S. The van der Waals surface area contributed by atoms with Gasteiger partial charge in [0.15, 0.2) is 5.13 Å². The summed E-state index contributed by atoms with van der Waals surface area (Å²) in [6.07, 6.45) is 5.55. The smallest absolute Gasteiger partial charge is 0.338 e. The average molecular weight is 415 g/mol. The maximum Gasteiger partial charge on any atom is 0.338 e. The summed E-state index contributed by atoms with van der Waals surface area (Å²) >= 11 is 1.46. The molecule has 2 aromatic rings. The Hall–Kier alpha value is -3.07. The number of benzene rings is 1. The fourth-order valence-corrected chi connectivity index (χ4v) is 4.31. The van der Waals surface area contributed by atoms with E-state index in [1.165, 1.54) is 27.2 Å². The maximum atomic E-state index is 13.2. The van der Waals surface area contributed by atoms with Crippen molar-refractivity contribution in [2.24, 2.45) is 0 Å². The predicted octanol–water partition coefficient (Wildman–Crippen LogP) is 3.94. The highest BCUT2D eigenvalue weighted by molar-refractivity contribution is 7.16. The number of non-ortho nitro benzene ring substituents is 1. The highest BCUT2D eigenvalue weighted by atomic mass is 32.1. The van der Waals surface area contributed by atoms with E-state index in [2.05, 4.69) is 11.6 Å². The zero-order chi connectivity index (χ0) is 21.0. The van der Waals surface area contributed by atoms with Gasteiger partial charge in [0.1, 0.15) is 0 Å². The molecule has 1 aliphatic carbocycles. The molecule has 9 heteroatoms. The van der Waals surface area contributed by atoms with Crippen LogP contribution in [0.5, 0.6) is 0 Å². The Balaban J connectivity index is 2.01. The molecule has 0 spiro atoms. The van der Waals surface area contributed by atoms with Crippen molar-refractivity contribution in [2.45, 2.75) is 32.6 Å². The predicted molar refractivity (Wildman–Crippen MR) is 110 cm³/mol. The Kier molecular flexibility index (Phi) is 6.38. The summed E-state index contributed by atoms with van der Waals surface area (Å²) in [5, 5.41) is 11.8. The van der Waals surface area contributed by atoms with Crippen LogP contribution in [0, 0.1) is 10.1 Å². The van der Waals surface area contributed by atoms with Crippen LogP contribution in [0.2, 0.25) is 0 Å². The van der Waals surface area contributed by atoms with Gasteiger partial charge in [0.05, 0.1) is 22.8 Å². The number of nitro groups is 1. The summed E-state index contributed by atoms with van der Waals surface area (Å²) < 4.78 is 4.93. The number of esters is 1. The summed E-state index contributed by atoms with van der Waals surface area (Å²) in [5.41, 5.74) is 0.638. The molecule has 152 valence electrons. The number of fused-ring (bicyclic) bond motifs is 1. The van der Waals surface area contributed by atoms with Gasteiger partial charge in [-0.25, -0.2) is 9.78 Å². The van der Waals surface area contributed by atoms with Gasteiger partial charge in [-0.05, 0) is 38.7 Å². The van der Waals surface area contributed by atoms with Crippen LogP contribution in [0.3, 0.4) is 0 Å². The van der Waals surface area contributed by atoms with E-state index in [-0.39, 0.29) is 30.0 Å². The monoisotopic (exact) mass is 415 g/mol. The molecule has 1 aromatic carbocycles. The van der Waals surface area contributed by atoms with Gasteiger partial charge >= 0.3 is 5.97 Å². The molecule has 0 bridgehead atoms. The van der Waals surface area contributed by atoms with Crippen LogP contribution in [0.15, 0.2) is 30.9 Å². The molecule has 0 N–H and O–H groups in total. The standard InChI is InChI=1S/C20H21N3O5S/c1-3-9-22(20-21-16-7-5-6-8-17(16)29-20)18(24)13-10-14(19(25)28-4-2)12-15(11-13)23(26)27/h3,10-12H,1,4-9H2,2H3. The van der Waals surface area contributed by atoms with Crippen molar-refractivity contribution in [3.05, 3.63) is 62.7 Å². The Morgan fingerprint density at radius 3 is 2.69 bits per heavy atom. The van der Waals surface area contributed by atoms with Gasteiger partial charge in [-0.3, -0.25) is 19.8 Å². The number of anilines is 1. The number of carbonyl (C=O) groups is 2. The normalized spacial score (nSPS) is 12.7. The summed E-state index contributed by atoms with van der Waals surface area (Å²) in [6.45, 7) is 5.66. The number of thiazole rings is 1. The SMILES string of the molecule is C=CCN(C(=O)c1cc(C(=O)OCC)cc([N+](=O)[O-])c1)c1nc2c(s1)CCCC2. The molecule has 0 saturated carbocycles. The van der Waals surface area contributed by atoms with E-state index in [0.717, 1.165) is 43.5 Å². The lowest BCUT2D eigenvalue weighted by atomic mass is 10.0. The van der Waals surface area contributed by atoms with Crippen molar-refractivity contribution in [3.8, 4) is 0 Å². The average Bonchev–Trinajstić information content (AvgIpc) is 3.15. The van der Waals surface area contributed by atoms with Crippen molar-refractivity contribution >= 4 is 34.0 Å². The summed E-state index contributed by atoms with van der Waals surface area (Å²) in [4.78, 5) is 43.2. The fraction of sp³-hybridized carbons (Fsp3) is 0.350. The van der Waals surface area contributed by atoms with Gasteiger partial charge in [0, 0.05) is 29.1 Å². The van der Waals surface area contributed by atoms with Crippen molar-refractivity contribution in [3.63, 3.8) is 0 Å². The third kappa shape index (κ3) is 4.51. The Morgan fingerprint density at radius 1 is 1.31 bits per heavy atom. The number of hydrogen-bond acceptors (Lipinski definition) is 7. The van der Waals surface area contributed by atoms with Crippen LogP contribution in [-0.4, -0.2) is 34.9 Å². The number of ether oxygens (including phenoxy) is 1. The molecule has 1 aromatic heterocycles. The molecule has 1 aliphatic rings. The second-order valence-electron chi connectivity index (χ2n) is 6.52. The molecule has 1 amide bonds. The first-order valence-corrected chi connectivity index (χ1v) is 10.1. The minimum absolute atomic E-state index is 0.0253. The molecule has 0 unspecified atom stereocenters. The zero-order valence-corrected chi connectivity index (χ0v) is 16.9. The molecule has 3 rings (SSSR count). The lowest BCUT2D eigenvalue weighted by Gasteiger charge is -2.18. The molecule has 0 aliphatic heterocycles. The lowest BCUT2D eigenvalue weighted by Crippen LogP contribution is -2.31. The van der Waals surface area contributed by atoms with Crippen molar-refractivity contribution < 1.29 is 19.2 Å². The zero-order valence-electron chi connectivity index (χ0n) is 16.1. The Labute approximate surface area is 172 Å².